The Morgan fingerprint density at radius 1 is 1.03 bits per heavy atom. The molecule has 9 nitrogen and oxygen atoms in total. The van der Waals surface area contributed by atoms with Gasteiger partial charge in [0.15, 0.2) is 0 Å². The number of nitrogens with zero attached hydrogens (tertiary/aromatic N) is 3. The monoisotopic (exact) mass is 477 g/mol. The highest BCUT2D eigenvalue weighted by atomic mass is 35.5. The number of rotatable bonds is 3. The first-order valence-electron chi connectivity index (χ1n) is 10.3. The molecule has 1 aliphatic heterocycles. The molecule has 2 aromatic rings. The average molecular weight is 478 g/mol. The number of carbonyl (C=O) groups is 3. The zero-order chi connectivity index (χ0) is 24.2. The number of pyridine rings is 1. The number of hydrogen-bond acceptors (Lipinski definition) is 5. The van der Waals surface area contributed by atoms with Gasteiger partial charge in [-0.1, -0.05) is 11.6 Å². The molecule has 0 radical (unpaired) electrons. The number of piperazine rings is 1. The van der Waals surface area contributed by atoms with Crippen LogP contribution in [0.3, 0.4) is 0 Å². The van der Waals surface area contributed by atoms with Crippen molar-refractivity contribution in [3.63, 3.8) is 0 Å². The summed E-state index contributed by atoms with van der Waals surface area (Å²) >= 11 is 6.04. The van der Waals surface area contributed by atoms with Crippen LogP contribution in [-0.2, 0) is 4.74 Å². The fraction of sp³-hybridized carbons (Fsp3) is 0.364. The molecule has 1 aromatic heterocycles. The molecule has 0 bridgehead atoms. The van der Waals surface area contributed by atoms with E-state index in [0.717, 1.165) is 6.20 Å². The second kappa shape index (κ2) is 10.0. The smallest absolute Gasteiger partial charge is 0.410 e. The highest BCUT2D eigenvalue weighted by Gasteiger charge is 2.28. The molecule has 1 fully saturated rings. The molecule has 3 rings (SSSR count). The van der Waals surface area contributed by atoms with Crippen molar-refractivity contribution in [3.05, 3.63) is 52.9 Å². The standard InChI is InChI=1S/C22H25ClFN5O4/c1-22(2,3)33-21(32)29-10-8-28(9-11-29)20(31)26-17-6-4-14(23)12-16(17)19(30)27-18-7-5-15(24)13-25-18/h4-7,12-13H,8-11H2,1-3H3,(H,26,31)(H,25,27,30). The number of carbonyl (C=O) groups excluding carboxylic acids is 3. The molecular formula is C22H25ClFN5O4. The summed E-state index contributed by atoms with van der Waals surface area (Å²) in [6.45, 7) is 6.64. The van der Waals surface area contributed by atoms with E-state index in [2.05, 4.69) is 15.6 Å². The SMILES string of the molecule is CC(C)(C)OC(=O)N1CCN(C(=O)Nc2ccc(Cl)cc2C(=O)Nc2ccc(F)cn2)CC1. The second-order valence-corrected chi connectivity index (χ2v) is 8.83. The van der Waals surface area contributed by atoms with Crippen molar-refractivity contribution in [2.75, 3.05) is 36.8 Å². The van der Waals surface area contributed by atoms with E-state index in [0.29, 0.717) is 31.2 Å². The van der Waals surface area contributed by atoms with Crippen molar-refractivity contribution in [3.8, 4) is 0 Å². The normalized spacial score (nSPS) is 14.0. The molecular weight excluding hydrogens is 453 g/mol. The van der Waals surface area contributed by atoms with Crippen molar-refractivity contribution in [2.24, 2.45) is 0 Å². The lowest BCUT2D eigenvalue weighted by Gasteiger charge is -2.35. The zero-order valence-electron chi connectivity index (χ0n) is 18.5. The lowest BCUT2D eigenvalue weighted by molar-refractivity contribution is 0.0174. The van der Waals surface area contributed by atoms with Gasteiger partial charge in [-0.25, -0.2) is 19.0 Å². The van der Waals surface area contributed by atoms with Crippen LogP contribution in [0.1, 0.15) is 31.1 Å². The number of nitrogens with one attached hydrogen (secondary N) is 2. The number of urea groups is 1. The summed E-state index contributed by atoms with van der Waals surface area (Å²) in [5, 5.41) is 5.56. The molecule has 1 aromatic carbocycles. The first-order chi connectivity index (χ1) is 15.5. The van der Waals surface area contributed by atoms with E-state index in [-0.39, 0.29) is 17.1 Å². The Morgan fingerprint density at radius 3 is 2.30 bits per heavy atom. The van der Waals surface area contributed by atoms with Gasteiger partial charge in [0.25, 0.3) is 5.91 Å². The van der Waals surface area contributed by atoms with E-state index in [1.54, 1.807) is 36.6 Å². The summed E-state index contributed by atoms with van der Waals surface area (Å²) in [4.78, 5) is 44.6. The van der Waals surface area contributed by atoms with Crippen molar-refractivity contribution < 1.29 is 23.5 Å². The van der Waals surface area contributed by atoms with Crippen LogP contribution >= 0.6 is 11.6 Å². The molecule has 0 unspecified atom stereocenters. The summed E-state index contributed by atoms with van der Waals surface area (Å²) in [5.41, 5.74) is -0.228. The molecule has 1 aliphatic rings. The molecule has 0 spiro atoms. The third kappa shape index (κ3) is 6.79. The van der Waals surface area contributed by atoms with Gasteiger partial charge in [-0.3, -0.25) is 4.79 Å². The van der Waals surface area contributed by atoms with Crippen molar-refractivity contribution in [1.29, 1.82) is 0 Å². The van der Waals surface area contributed by atoms with E-state index >= 15 is 0 Å². The lowest BCUT2D eigenvalue weighted by Crippen LogP contribution is -2.52. The van der Waals surface area contributed by atoms with Crippen LogP contribution < -0.4 is 10.6 Å². The Labute approximate surface area is 195 Å². The van der Waals surface area contributed by atoms with Crippen LogP contribution in [0.2, 0.25) is 5.02 Å². The summed E-state index contributed by atoms with van der Waals surface area (Å²) in [7, 11) is 0. The lowest BCUT2D eigenvalue weighted by atomic mass is 10.1. The molecule has 0 aliphatic carbocycles. The van der Waals surface area contributed by atoms with Gasteiger partial charge in [0.05, 0.1) is 17.4 Å². The number of amides is 4. The Kier molecular flexibility index (Phi) is 7.37. The van der Waals surface area contributed by atoms with Crippen molar-refractivity contribution in [2.45, 2.75) is 26.4 Å². The molecule has 33 heavy (non-hydrogen) atoms. The van der Waals surface area contributed by atoms with Gasteiger partial charge in [0, 0.05) is 31.2 Å². The number of halogens is 2. The zero-order valence-corrected chi connectivity index (χ0v) is 19.3. The van der Waals surface area contributed by atoms with Gasteiger partial charge in [0.2, 0.25) is 0 Å². The Balaban J connectivity index is 1.64. The Bertz CT molecular complexity index is 1030. The van der Waals surface area contributed by atoms with Crippen LogP contribution in [0.4, 0.5) is 25.5 Å². The second-order valence-electron chi connectivity index (χ2n) is 8.39. The third-order valence-corrected chi connectivity index (χ3v) is 4.89. The Hall–Kier alpha value is -3.40. The van der Waals surface area contributed by atoms with Gasteiger partial charge in [-0.15, -0.1) is 0 Å². The Morgan fingerprint density at radius 2 is 1.70 bits per heavy atom. The molecule has 2 heterocycles. The summed E-state index contributed by atoms with van der Waals surface area (Å²) in [6, 6.07) is 6.54. The summed E-state index contributed by atoms with van der Waals surface area (Å²) < 4.78 is 18.4. The number of anilines is 2. The maximum Gasteiger partial charge on any atom is 0.410 e. The molecule has 4 amide bonds. The summed E-state index contributed by atoms with van der Waals surface area (Å²) in [5.74, 6) is -0.950. The molecule has 0 atom stereocenters. The van der Waals surface area contributed by atoms with Gasteiger partial charge in [-0.2, -0.15) is 0 Å². The molecule has 1 saturated heterocycles. The first-order valence-corrected chi connectivity index (χ1v) is 10.7. The van der Waals surface area contributed by atoms with Crippen LogP contribution in [0.15, 0.2) is 36.5 Å². The summed E-state index contributed by atoms with van der Waals surface area (Å²) in [6.07, 6.45) is 0.557. The van der Waals surface area contributed by atoms with E-state index in [9.17, 15) is 18.8 Å². The minimum absolute atomic E-state index is 0.120. The van der Waals surface area contributed by atoms with Gasteiger partial charge < -0.3 is 25.2 Å². The highest BCUT2D eigenvalue weighted by molar-refractivity contribution is 6.31. The number of aromatic nitrogens is 1. The first kappa shape index (κ1) is 24.2. The largest absolute Gasteiger partial charge is 0.444 e. The van der Waals surface area contributed by atoms with Crippen LogP contribution in [0.25, 0.3) is 0 Å². The fourth-order valence-electron chi connectivity index (χ4n) is 3.06. The maximum absolute atomic E-state index is 13.1. The van der Waals surface area contributed by atoms with E-state index in [4.69, 9.17) is 16.3 Å². The fourth-order valence-corrected chi connectivity index (χ4v) is 3.23. The number of benzene rings is 1. The third-order valence-electron chi connectivity index (χ3n) is 4.66. The molecule has 176 valence electrons. The van der Waals surface area contributed by atoms with Crippen molar-refractivity contribution in [1.82, 2.24) is 14.8 Å². The van der Waals surface area contributed by atoms with E-state index < -0.39 is 29.4 Å². The molecule has 0 saturated carbocycles. The molecule has 11 heteroatoms. The van der Waals surface area contributed by atoms with Crippen LogP contribution in [0, 0.1) is 5.82 Å². The van der Waals surface area contributed by atoms with Gasteiger partial charge in [-0.05, 0) is 51.1 Å². The number of ether oxygens (including phenoxy) is 1. The molecule has 2 N–H and O–H groups in total. The predicted molar refractivity (Wildman–Crippen MR) is 122 cm³/mol. The van der Waals surface area contributed by atoms with E-state index in [1.807, 2.05) is 0 Å². The highest BCUT2D eigenvalue weighted by Crippen LogP contribution is 2.23. The average Bonchev–Trinajstić information content (AvgIpc) is 2.75. The minimum Gasteiger partial charge on any atom is -0.444 e. The van der Waals surface area contributed by atoms with Gasteiger partial charge in [0.1, 0.15) is 17.2 Å². The minimum atomic E-state index is -0.597. The topological polar surface area (TPSA) is 104 Å². The van der Waals surface area contributed by atoms with Crippen LogP contribution in [0.5, 0.6) is 0 Å². The van der Waals surface area contributed by atoms with Crippen molar-refractivity contribution >= 4 is 41.1 Å². The number of hydrogen-bond donors (Lipinski definition) is 2. The van der Waals surface area contributed by atoms with Gasteiger partial charge >= 0.3 is 12.1 Å². The predicted octanol–water partition coefficient (Wildman–Crippen LogP) is 4.21. The van der Waals surface area contributed by atoms with E-state index in [1.165, 1.54) is 24.3 Å². The quantitative estimate of drug-likeness (QED) is 0.689. The maximum atomic E-state index is 13.1. The van der Waals surface area contributed by atoms with Crippen LogP contribution in [-0.4, -0.2) is 64.6 Å².